The van der Waals surface area contributed by atoms with E-state index in [4.69, 9.17) is 9.97 Å². The van der Waals surface area contributed by atoms with Crippen molar-refractivity contribution >= 4 is 10.8 Å². The first-order chi connectivity index (χ1) is 29.3. The Balaban J connectivity index is 1.10. The number of nitrogens with zero attached hydrogens (tertiary/aromatic N) is 2. The van der Waals surface area contributed by atoms with Crippen LogP contribution in [0.3, 0.4) is 0 Å². The lowest BCUT2D eigenvalue weighted by Gasteiger charge is -2.35. The van der Waals surface area contributed by atoms with Gasteiger partial charge in [-0.3, -0.25) is 0 Å². The number of hydrogen-bond acceptors (Lipinski definition) is 2. The molecular weight excluding hydrogens is 713 g/mol. The smallest absolute Gasteiger partial charge is 0.160 e. The molecule has 2 nitrogen and oxygen atoms in total. The molecule has 1 aromatic heterocycles. The van der Waals surface area contributed by atoms with Crippen LogP contribution < -0.4 is 0 Å². The second-order valence-electron chi connectivity index (χ2n) is 15.6. The van der Waals surface area contributed by atoms with Crippen LogP contribution in [-0.4, -0.2) is 9.97 Å². The maximum Gasteiger partial charge on any atom is 0.160 e. The van der Waals surface area contributed by atoms with E-state index >= 15 is 0 Å². The summed E-state index contributed by atoms with van der Waals surface area (Å²) in [7, 11) is 0. The number of benzene rings is 9. The highest BCUT2D eigenvalue weighted by Crippen LogP contribution is 2.61. The normalized spacial score (nSPS) is 12.9. The molecule has 0 radical (unpaired) electrons. The Kier molecular flexibility index (Phi) is 7.48. The summed E-state index contributed by atoms with van der Waals surface area (Å²) in [5.41, 5.74) is 19.4. The lowest BCUT2D eigenvalue weighted by atomic mass is 9.65. The summed E-state index contributed by atoms with van der Waals surface area (Å²) in [6.07, 6.45) is 0. The predicted octanol–water partition coefficient (Wildman–Crippen LogP) is 14.3. The molecule has 0 unspecified atom stereocenters. The fourth-order valence-electron chi connectivity index (χ4n) is 9.96. The van der Waals surface area contributed by atoms with Gasteiger partial charge in [0.1, 0.15) is 0 Å². The van der Waals surface area contributed by atoms with Gasteiger partial charge in [-0.15, -0.1) is 0 Å². The Morgan fingerprint density at radius 3 is 1.39 bits per heavy atom. The highest BCUT2D eigenvalue weighted by atomic mass is 14.9. The van der Waals surface area contributed by atoms with E-state index in [-0.39, 0.29) is 0 Å². The molecule has 2 heteroatoms. The van der Waals surface area contributed by atoms with E-state index in [2.05, 4.69) is 212 Å². The second-order valence-corrected chi connectivity index (χ2v) is 15.6. The average molecular weight is 749 g/mol. The molecule has 2 aliphatic carbocycles. The fourth-order valence-corrected chi connectivity index (χ4v) is 9.96. The van der Waals surface area contributed by atoms with Crippen LogP contribution in [0.1, 0.15) is 22.3 Å². The summed E-state index contributed by atoms with van der Waals surface area (Å²) in [6, 6.07) is 79.4. The average Bonchev–Trinajstić information content (AvgIpc) is 3.56. The van der Waals surface area contributed by atoms with Crippen LogP contribution in [0.4, 0.5) is 0 Å². The van der Waals surface area contributed by atoms with E-state index < -0.39 is 5.41 Å². The van der Waals surface area contributed by atoms with Crippen LogP contribution in [0.2, 0.25) is 0 Å². The number of hydrogen-bond donors (Lipinski definition) is 0. The van der Waals surface area contributed by atoms with Gasteiger partial charge in [0.15, 0.2) is 5.82 Å². The molecule has 0 amide bonds. The first kappa shape index (κ1) is 33.5. The Morgan fingerprint density at radius 1 is 0.271 bits per heavy atom. The van der Waals surface area contributed by atoms with Gasteiger partial charge in [0.2, 0.25) is 0 Å². The van der Waals surface area contributed by atoms with E-state index in [0.717, 1.165) is 28.1 Å². The van der Waals surface area contributed by atoms with Gasteiger partial charge in [-0.05, 0) is 89.7 Å². The summed E-state index contributed by atoms with van der Waals surface area (Å²) in [4.78, 5) is 10.6. The Bertz CT molecular complexity index is 3220. The van der Waals surface area contributed by atoms with Gasteiger partial charge in [-0.25, -0.2) is 9.97 Å². The van der Waals surface area contributed by atoms with E-state index in [1.807, 2.05) is 6.07 Å². The van der Waals surface area contributed by atoms with Gasteiger partial charge in [0.25, 0.3) is 0 Å². The first-order valence-corrected chi connectivity index (χ1v) is 20.3. The van der Waals surface area contributed by atoms with Gasteiger partial charge in [-0.1, -0.05) is 206 Å². The van der Waals surface area contributed by atoms with Crippen LogP contribution in [0.25, 0.3) is 89.2 Å². The molecule has 1 spiro atoms. The van der Waals surface area contributed by atoms with E-state index in [0.29, 0.717) is 5.82 Å². The van der Waals surface area contributed by atoms with Crippen LogP contribution in [0.15, 0.2) is 218 Å². The van der Waals surface area contributed by atoms with Crippen molar-refractivity contribution in [2.24, 2.45) is 0 Å². The summed E-state index contributed by atoms with van der Waals surface area (Å²) in [5.74, 6) is 0.702. The van der Waals surface area contributed by atoms with Gasteiger partial charge in [-0.2, -0.15) is 0 Å². The first-order valence-electron chi connectivity index (χ1n) is 20.3. The largest absolute Gasteiger partial charge is 0.228 e. The molecule has 1 heterocycles. The molecule has 0 atom stereocenters. The predicted molar refractivity (Wildman–Crippen MR) is 243 cm³/mol. The Labute approximate surface area is 343 Å². The summed E-state index contributed by atoms with van der Waals surface area (Å²) in [5, 5.41) is 2.48. The lowest BCUT2D eigenvalue weighted by molar-refractivity contribution is 0.775. The Morgan fingerprint density at radius 2 is 0.729 bits per heavy atom. The molecule has 0 bridgehead atoms. The number of rotatable bonds is 4. The lowest BCUT2D eigenvalue weighted by Crippen LogP contribution is -2.29. The molecule has 12 rings (SSSR count). The maximum atomic E-state index is 5.35. The van der Waals surface area contributed by atoms with Crippen LogP contribution >= 0.6 is 0 Å². The molecule has 0 saturated heterocycles. The summed E-state index contributed by atoms with van der Waals surface area (Å²) >= 11 is 0. The van der Waals surface area contributed by atoms with Crippen molar-refractivity contribution in [2.45, 2.75) is 5.41 Å². The van der Waals surface area contributed by atoms with Crippen molar-refractivity contribution in [1.29, 1.82) is 0 Å². The minimum atomic E-state index is -0.566. The van der Waals surface area contributed by atoms with Gasteiger partial charge in [0, 0.05) is 16.7 Å². The fraction of sp³-hybridized carbons (Fsp3) is 0.0175. The molecule has 0 saturated carbocycles. The third-order valence-corrected chi connectivity index (χ3v) is 12.5. The van der Waals surface area contributed by atoms with E-state index in [1.54, 1.807) is 0 Å². The standard InChI is InChI=1S/C57H36N2/c1-2-16-40(17-3-1)56-58-54(39-31-29-38(30-32-39)43-25-14-18-37-15-4-5-19-42(37)43)36-55(59-56)41-33-34-49-45-21-7-6-20-44(45)46-22-8-11-26-50(46)57(53(49)35-41)51-27-12-9-23-47(51)48-24-10-13-28-52(48)57/h1-36H. The molecule has 0 aliphatic heterocycles. The topological polar surface area (TPSA) is 25.8 Å². The quantitative estimate of drug-likeness (QED) is 0.179. The highest BCUT2D eigenvalue weighted by molar-refractivity contribution is 5.99. The molecule has 2 aliphatic rings. The molecule has 0 N–H and O–H groups in total. The zero-order valence-electron chi connectivity index (χ0n) is 32.2. The van der Waals surface area contributed by atoms with Crippen molar-refractivity contribution in [1.82, 2.24) is 9.97 Å². The minimum absolute atomic E-state index is 0.566. The monoisotopic (exact) mass is 748 g/mol. The molecule has 9 aromatic carbocycles. The zero-order chi connectivity index (χ0) is 38.9. The van der Waals surface area contributed by atoms with Crippen LogP contribution in [-0.2, 0) is 5.41 Å². The van der Waals surface area contributed by atoms with Crippen molar-refractivity contribution < 1.29 is 0 Å². The summed E-state index contributed by atoms with van der Waals surface area (Å²) in [6.45, 7) is 0. The van der Waals surface area contributed by atoms with E-state index in [9.17, 15) is 0 Å². The number of aromatic nitrogens is 2. The van der Waals surface area contributed by atoms with Crippen molar-refractivity contribution in [3.8, 4) is 78.4 Å². The van der Waals surface area contributed by atoms with Crippen molar-refractivity contribution in [3.63, 3.8) is 0 Å². The van der Waals surface area contributed by atoms with Crippen molar-refractivity contribution in [2.75, 3.05) is 0 Å². The Hall–Kier alpha value is -7.68. The van der Waals surface area contributed by atoms with Gasteiger partial charge in [0.05, 0.1) is 16.8 Å². The van der Waals surface area contributed by atoms with Crippen LogP contribution in [0.5, 0.6) is 0 Å². The molecular formula is C57H36N2. The second kappa shape index (κ2) is 13.2. The van der Waals surface area contributed by atoms with Crippen molar-refractivity contribution in [3.05, 3.63) is 241 Å². The maximum absolute atomic E-state index is 5.35. The summed E-state index contributed by atoms with van der Waals surface area (Å²) < 4.78 is 0. The highest BCUT2D eigenvalue weighted by Gasteiger charge is 2.49. The molecule has 10 aromatic rings. The van der Waals surface area contributed by atoms with Crippen LogP contribution in [0, 0.1) is 0 Å². The SMILES string of the molecule is c1ccc(-c2nc(-c3ccc(-c4cccc5ccccc45)cc3)cc(-c3ccc4c(c3)C3(c5ccccc5-c5ccccc5-4)c4ccccc4-c4ccccc43)n2)cc1. The molecule has 0 fully saturated rings. The van der Waals surface area contributed by atoms with Gasteiger partial charge >= 0.3 is 0 Å². The number of fused-ring (bicyclic) bond motifs is 13. The third kappa shape index (κ3) is 5.06. The molecule has 59 heavy (non-hydrogen) atoms. The molecule has 274 valence electrons. The zero-order valence-corrected chi connectivity index (χ0v) is 32.2. The third-order valence-electron chi connectivity index (χ3n) is 12.5. The van der Waals surface area contributed by atoms with Gasteiger partial charge < -0.3 is 0 Å². The van der Waals surface area contributed by atoms with E-state index in [1.165, 1.54) is 77.5 Å². The minimum Gasteiger partial charge on any atom is -0.228 e.